The van der Waals surface area contributed by atoms with Gasteiger partial charge in [0.2, 0.25) is 0 Å². The Hall–Kier alpha value is -7.74. The van der Waals surface area contributed by atoms with E-state index in [0.717, 1.165) is 55.3 Å². The first-order valence-corrected chi connectivity index (χ1v) is 20.1. The summed E-state index contributed by atoms with van der Waals surface area (Å²) in [5.41, 5.74) is 8.05. The highest BCUT2D eigenvalue weighted by atomic mass is 15.1. The number of fused-ring (bicyclic) bond motifs is 4. The predicted octanol–water partition coefficient (Wildman–Crippen LogP) is 15.7. The highest BCUT2D eigenvalue weighted by molar-refractivity contribution is 5.91. The topological polar surface area (TPSA) is 3.24 Å². The summed E-state index contributed by atoms with van der Waals surface area (Å²) in [6.45, 7) is 0. The number of anilines is 3. The summed E-state index contributed by atoms with van der Waals surface area (Å²) in [5.74, 6) is 0. The predicted molar refractivity (Wildman–Crippen MR) is 252 cm³/mol. The van der Waals surface area contributed by atoms with Gasteiger partial charge in [-0.3, -0.25) is 0 Å². The van der Waals surface area contributed by atoms with Crippen LogP contribution >= 0.6 is 0 Å². The minimum absolute atomic E-state index is 0.106. The van der Waals surface area contributed by atoms with Crippen molar-refractivity contribution >= 4 is 27.8 Å². The van der Waals surface area contributed by atoms with Gasteiger partial charge in [0.1, 0.15) is 0 Å². The second-order valence-electron chi connectivity index (χ2n) is 15.0. The van der Waals surface area contributed by atoms with Crippen molar-refractivity contribution in [3.63, 3.8) is 0 Å². The Bertz CT molecular complexity index is 3550. The second-order valence-corrected chi connectivity index (χ2v) is 15.0. The molecule has 0 saturated carbocycles. The van der Waals surface area contributed by atoms with Crippen molar-refractivity contribution in [2.75, 3.05) is 4.90 Å². The Balaban J connectivity index is 1.22. The molecule has 11 rings (SSSR count). The molecule has 0 aliphatic heterocycles. The molecule has 0 amide bonds. The van der Waals surface area contributed by atoms with Gasteiger partial charge in [-0.1, -0.05) is 200 Å². The molecular formula is C59H41N. The van der Waals surface area contributed by atoms with Gasteiger partial charge in [0.25, 0.3) is 0 Å². The zero-order chi connectivity index (χ0) is 46.8. The molecule has 1 heteroatoms. The molecular weight excluding hydrogens is 723 g/mol. The van der Waals surface area contributed by atoms with Gasteiger partial charge in [-0.15, -0.1) is 0 Å². The SMILES string of the molecule is [2H]c1c([2H])c(-c2ccc3ccccc3c2)c([2H])c(N(c2ccc3c(c2)C(c2ccccc2)(c2ccccc2)c2ccccc2-3)c2c([2H])c([2H])c(-c3cccc(-c4ccccc4)c3)c([2H])c2[2H])c1[2H]. The number of nitrogens with zero attached hydrogens (tertiary/aromatic N) is 1. The summed E-state index contributed by atoms with van der Waals surface area (Å²) in [6.07, 6.45) is 0. The normalized spacial score (nSPS) is 14.3. The monoisotopic (exact) mass is 771 g/mol. The lowest BCUT2D eigenvalue weighted by molar-refractivity contribution is 0.768. The fourth-order valence-electron chi connectivity index (χ4n) is 8.92. The first-order valence-electron chi connectivity index (χ1n) is 24.1. The molecule has 0 heterocycles. The van der Waals surface area contributed by atoms with E-state index < -0.39 is 17.5 Å². The first-order chi connectivity index (χ1) is 33.1. The summed E-state index contributed by atoms with van der Waals surface area (Å²) in [4.78, 5) is 1.46. The van der Waals surface area contributed by atoms with E-state index in [-0.39, 0.29) is 58.8 Å². The molecule has 10 aromatic rings. The molecule has 0 radical (unpaired) electrons. The third kappa shape index (κ3) is 6.03. The average molecular weight is 772 g/mol. The quantitative estimate of drug-likeness (QED) is 0.149. The third-order valence-corrected chi connectivity index (χ3v) is 11.7. The van der Waals surface area contributed by atoms with Crippen LogP contribution in [0.25, 0.3) is 55.3 Å². The van der Waals surface area contributed by atoms with Crippen molar-refractivity contribution in [1.82, 2.24) is 0 Å². The van der Waals surface area contributed by atoms with Crippen LogP contribution in [-0.4, -0.2) is 0 Å². The van der Waals surface area contributed by atoms with Crippen molar-refractivity contribution in [2.45, 2.75) is 5.41 Å². The molecule has 1 aliphatic rings. The maximum absolute atomic E-state index is 10.1. The van der Waals surface area contributed by atoms with E-state index in [9.17, 15) is 11.0 Å². The highest BCUT2D eigenvalue weighted by Gasteiger charge is 2.46. The van der Waals surface area contributed by atoms with Gasteiger partial charge in [-0.2, -0.15) is 0 Å². The second kappa shape index (κ2) is 14.9. The molecule has 0 aromatic heterocycles. The first kappa shape index (κ1) is 27.8. The fourth-order valence-corrected chi connectivity index (χ4v) is 8.92. The van der Waals surface area contributed by atoms with Crippen molar-refractivity contribution < 1.29 is 11.0 Å². The van der Waals surface area contributed by atoms with Gasteiger partial charge in [0, 0.05) is 17.1 Å². The van der Waals surface area contributed by atoms with E-state index in [1.165, 1.54) is 4.90 Å². The highest BCUT2D eigenvalue weighted by Crippen LogP contribution is 2.57. The number of hydrogen-bond donors (Lipinski definition) is 0. The van der Waals surface area contributed by atoms with Crippen LogP contribution in [0, 0.1) is 0 Å². The third-order valence-electron chi connectivity index (χ3n) is 11.7. The van der Waals surface area contributed by atoms with Crippen molar-refractivity contribution in [1.29, 1.82) is 0 Å². The Morgan fingerprint density at radius 3 is 1.68 bits per heavy atom. The Morgan fingerprint density at radius 2 is 0.933 bits per heavy atom. The largest absolute Gasteiger partial charge is 0.310 e. The molecule has 10 aromatic carbocycles. The summed E-state index contributed by atoms with van der Waals surface area (Å²) < 4.78 is 77.4. The van der Waals surface area contributed by atoms with E-state index in [0.29, 0.717) is 16.8 Å². The van der Waals surface area contributed by atoms with Crippen molar-refractivity contribution in [3.8, 4) is 44.5 Å². The molecule has 0 spiro atoms. The molecule has 0 atom stereocenters. The smallest absolute Gasteiger partial charge is 0.0714 e. The van der Waals surface area contributed by atoms with E-state index in [1.54, 1.807) is 12.1 Å². The zero-order valence-electron chi connectivity index (χ0n) is 40.5. The molecule has 0 fully saturated rings. The average Bonchev–Trinajstić information content (AvgIpc) is 3.68. The van der Waals surface area contributed by atoms with Gasteiger partial charge in [-0.05, 0) is 126 Å². The Labute approximate surface area is 363 Å². The Morgan fingerprint density at radius 1 is 0.333 bits per heavy atom. The molecule has 0 saturated heterocycles. The lowest BCUT2D eigenvalue weighted by atomic mass is 9.67. The van der Waals surface area contributed by atoms with Gasteiger partial charge < -0.3 is 4.90 Å². The Kier molecular flexibility index (Phi) is 6.90. The maximum atomic E-state index is 10.1. The van der Waals surface area contributed by atoms with Gasteiger partial charge >= 0.3 is 0 Å². The van der Waals surface area contributed by atoms with Crippen LogP contribution in [0.2, 0.25) is 0 Å². The molecule has 60 heavy (non-hydrogen) atoms. The molecule has 0 N–H and O–H groups in total. The molecule has 1 nitrogen and oxygen atoms in total. The van der Waals surface area contributed by atoms with Crippen LogP contribution in [0.1, 0.15) is 33.2 Å². The summed E-state index contributed by atoms with van der Waals surface area (Å²) in [5, 5.41) is 1.82. The van der Waals surface area contributed by atoms with Crippen LogP contribution in [-0.2, 0) is 5.41 Å². The van der Waals surface area contributed by atoms with E-state index in [1.807, 2.05) is 152 Å². The minimum atomic E-state index is -0.867. The molecule has 0 unspecified atom stereocenters. The van der Waals surface area contributed by atoms with Crippen molar-refractivity contribution in [2.24, 2.45) is 0 Å². The van der Waals surface area contributed by atoms with Crippen LogP contribution in [0.3, 0.4) is 0 Å². The molecule has 282 valence electrons. The van der Waals surface area contributed by atoms with Gasteiger partial charge in [0.15, 0.2) is 0 Å². The number of hydrogen-bond acceptors (Lipinski definition) is 1. The summed E-state index contributed by atoms with van der Waals surface area (Å²) >= 11 is 0. The lowest BCUT2D eigenvalue weighted by Crippen LogP contribution is -2.28. The summed E-state index contributed by atoms with van der Waals surface area (Å²) in [7, 11) is 0. The van der Waals surface area contributed by atoms with Crippen molar-refractivity contribution in [3.05, 3.63) is 271 Å². The fraction of sp³-hybridized carbons (Fsp3) is 0.0169. The van der Waals surface area contributed by atoms with Crippen LogP contribution in [0.5, 0.6) is 0 Å². The lowest BCUT2D eigenvalue weighted by Gasteiger charge is -2.35. The van der Waals surface area contributed by atoms with E-state index in [2.05, 4.69) is 36.4 Å². The van der Waals surface area contributed by atoms with E-state index >= 15 is 0 Å². The van der Waals surface area contributed by atoms with Crippen LogP contribution < -0.4 is 4.90 Å². The van der Waals surface area contributed by atoms with Gasteiger partial charge in [0.05, 0.1) is 16.4 Å². The zero-order valence-corrected chi connectivity index (χ0v) is 32.5. The minimum Gasteiger partial charge on any atom is -0.310 e. The van der Waals surface area contributed by atoms with Gasteiger partial charge in [-0.25, -0.2) is 0 Å². The molecule has 1 aliphatic carbocycles. The molecule has 0 bridgehead atoms. The standard InChI is InChI=1S/C59H41N/c1-4-16-42(17-5-1)46-20-14-21-47(38-46)44-32-34-52(35-33-44)60(53-27-15-22-48(40-53)49-31-30-43-18-10-11-19-45(43)39-49)54-36-37-56-55-28-12-13-29-57(55)59(58(56)41-54,50-23-6-2-7-24-50)51-25-8-3-9-26-51/h1-41H/i15D,22D,27D,32D,33D,34D,35D,40D. The maximum Gasteiger partial charge on any atom is 0.0714 e. The number of benzene rings is 10. The number of rotatable bonds is 8. The van der Waals surface area contributed by atoms with E-state index in [4.69, 9.17) is 0 Å². The summed E-state index contributed by atoms with van der Waals surface area (Å²) in [6, 6.07) is 62.2. The van der Waals surface area contributed by atoms with Crippen LogP contribution in [0.15, 0.2) is 249 Å². The van der Waals surface area contributed by atoms with Crippen LogP contribution in [0.4, 0.5) is 17.1 Å².